The molecule has 1 amide bonds. The summed E-state index contributed by atoms with van der Waals surface area (Å²) in [7, 11) is 0. The predicted molar refractivity (Wildman–Crippen MR) is 111 cm³/mol. The van der Waals surface area contributed by atoms with Crippen LogP contribution in [0.4, 0.5) is 11.4 Å². The van der Waals surface area contributed by atoms with Crippen molar-refractivity contribution in [2.24, 2.45) is 0 Å². The van der Waals surface area contributed by atoms with Gasteiger partial charge in [0.05, 0.1) is 18.0 Å². The largest absolute Gasteiger partial charge is 0.469 e. The average Bonchev–Trinajstić information content (AvgIpc) is 2.77. The number of nitrogens with one attached hydrogen (secondary N) is 1. The molecule has 1 atom stereocenters. The molecule has 0 saturated heterocycles. The van der Waals surface area contributed by atoms with Crippen molar-refractivity contribution < 1.29 is 19.1 Å². The SMILES string of the molecule is CCOC(=O)C(Oc1ccccc1)C(=O)NN(c1ccccc1)c1ccccc1. The molecular formula is C23H22N2O4. The fraction of sp³-hybridized carbons (Fsp3) is 0.130. The summed E-state index contributed by atoms with van der Waals surface area (Å²) in [5.41, 5.74) is 4.24. The summed E-state index contributed by atoms with van der Waals surface area (Å²) in [6, 6.07) is 27.3. The summed E-state index contributed by atoms with van der Waals surface area (Å²) in [5.74, 6) is -0.999. The van der Waals surface area contributed by atoms with E-state index < -0.39 is 18.0 Å². The van der Waals surface area contributed by atoms with Crippen LogP contribution >= 0.6 is 0 Å². The van der Waals surface area contributed by atoms with Gasteiger partial charge in [-0.25, -0.2) is 4.79 Å². The van der Waals surface area contributed by atoms with Crippen molar-refractivity contribution >= 4 is 23.3 Å². The highest BCUT2D eigenvalue weighted by Gasteiger charge is 2.32. The second kappa shape index (κ2) is 9.94. The number of esters is 1. The zero-order valence-electron chi connectivity index (χ0n) is 16.0. The van der Waals surface area contributed by atoms with Gasteiger partial charge in [-0.2, -0.15) is 0 Å². The van der Waals surface area contributed by atoms with Crippen molar-refractivity contribution in [1.29, 1.82) is 0 Å². The third-order valence-corrected chi connectivity index (χ3v) is 3.99. The van der Waals surface area contributed by atoms with Crippen molar-refractivity contribution in [3.05, 3.63) is 91.0 Å². The molecule has 29 heavy (non-hydrogen) atoms. The van der Waals surface area contributed by atoms with Crippen molar-refractivity contribution in [3.8, 4) is 5.75 Å². The Labute approximate surface area is 169 Å². The summed E-state index contributed by atoms with van der Waals surface area (Å²) in [6.07, 6.45) is -1.45. The molecular weight excluding hydrogens is 368 g/mol. The lowest BCUT2D eigenvalue weighted by Gasteiger charge is -2.27. The molecule has 3 aromatic rings. The van der Waals surface area contributed by atoms with Gasteiger partial charge in [-0.3, -0.25) is 15.2 Å². The van der Waals surface area contributed by atoms with Crippen LogP contribution in [0.25, 0.3) is 0 Å². The van der Waals surface area contributed by atoms with E-state index in [1.807, 2.05) is 66.7 Å². The van der Waals surface area contributed by atoms with Gasteiger partial charge in [0, 0.05) is 0 Å². The highest BCUT2D eigenvalue weighted by atomic mass is 16.6. The summed E-state index contributed by atoms with van der Waals surface area (Å²) in [6.45, 7) is 1.82. The third kappa shape index (κ3) is 5.35. The zero-order valence-corrected chi connectivity index (χ0v) is 16.0. The van der Waals surface area contributed by atoms with E-state index in [0.717, 1.165) is 11.4 Å². The van der Waals surface area contributed by atoms with E-state index in [4.69, 9.17) is 9.47 Å². The maximum Gasteiger partial charge on any atom is 0.357 e. The Kier molecular flexibility index (Phi) is 6.84. The number of para-hydroxylation sites is 3. The quantitative estimate of drug-likeness (QED) is 0.359. The van der Waals surface area contributed by atoms with E-state index >= 15 is 0 Å². The molecule has 3 rings (SSSR count). The second-order valence-corrected chi connectivity index (χ2v) is 6.05. The molecule has 1 unspecified atom stereocenters. The Hall–Kier alpha value is -3.80. The van der Waals surface area contributed by atoms with Crippen LogP contribution in [0.3, 0.4) is 0 Å². The van der Waals surface area contributed by atoms with E-state index in [0.29, 0.717) is 5.75 Å². The molecule has 0 bridgehead atoms. The molecule has 0 fully saturated rings. The fourth-order valence-electron chi connectivity index (χ4n) is 2.66. The van der Waals surface area contributed by atoms with Gasteiger partial charge < -0.3 is 9.47 Å². The summed E-state index contributed by atoms with van der Waals surface area (Å²) in [4.78, 5) is 25.5. The summed E-state index contributed by atoms with van der Waals surface area (Å²) >= 11 is 0. The Morgan fingerprint density at radius 3 is 1.79 bits per heavy atom. The number of carbonyl (C=O) groups is 2. The lowest BCUT2D eigenvalue weighted by molar-refractivity contribution is -0.156. The number of hydrazine groups is 1. The van der Waals surface area contributed by atoms with E-state index in [1.165, 1.54) is 0 Å². The van der Waals surface area contributed by atoms with Crippen LogP contribution < -0.4 is 15.2 Å². The van der Waals surface area contributed by atoms with E-state index in [9.17, 15) is 9.59 Å². The summed E-state index contributed by atoms with van der Waals surface area (Å²) < 4.78 is 10.7. The molecule has 0 aliphatic rings. The number of benzene rings is 3. The number of hydrogen-bond acceptors (Lipinski definition) is 5. The Bertz CT molecular complexity index is 878. The minimum Gasteiger partial charge on any atom is -0.469 e. The maximum absolute atomic E-state index is 13.0. The van der Waals surface area contributed by atoms with Crippen LogP contribution in [0.15, 0.2) is 91.0 Å². The van der Waals surface area contributed by atoms with Crippen LogP contribution in [0.2, 0.25) is 0 Å². The van der Waals surface area contributed by atoms with E-state index in [2.05, 4.69) is 5.43 Å². The molecule has 1 N–H and O–H groups in total. The lowest BCUT2D eigenvalue weighted by Crippen LogP contribution is -2.50. The zero-order chi connectivity index (χ0) is 20.5. The average molecular weight is 390 g/mol. The molecule has 0 radical (unpaired) electrons. The molecule has 0 saturated carbocycles. The van der Waals surface area contributed by atoms with Gasteiger partial charge in [-0.1, -0.05) is 54.6 Å². The van der Waals surface area contributed by atoms with Gasteiger partial charge in [0.1, 0.15) is 5.75 Å². The Balaban J connectivity index is 1.87. The first-order chi connectivity index (χ1) is 14.2. The molecule has 0 heterocycles. The Morgan fingerprint density at radius 1 is 0.828 bits per heavy atom. The molecule has 148 valence electrons. The Morgan fingerprint density at radius 2 is 1.31 bits per heavy atom. The van der Waals surface area contributed by atoms with E-state index in [-0.39, 0.29) is 6.61 Å². The van der Waals surface area contributed by atoms with Crippen LogP contribution in [0.1, 0.15) is 6.92 Å². The highest BCUT2D eigenvalue weighted by molar-refractivity contribution is 6.02. The van der Waals surface area contributed by atoms with Crippen molar-refractivity contribution in [2.45, 2.75) is 13.0 Å². The smallest absolute Gasteiger partial charge is 0.357 e. The highest BCUT2D eigenvalue weighted by Crippen LogP contribution is 2.23. The molecule has 0 aromatic heterocycles. The summed E-state index contributed by atoms with van der Waals surface area (Å²) in [5, 5.41) is 1.60. The first-order valence-electron chi connectivity index (χ1n) is 9.28. The fourth-order valence-corrected chi connectivity index (χ4v) is 2.66. The van der Waals surface area contributed by atoms with Gasteiger partial charge in [-0.05, 0) is 43.3 Å². The van der Waals surface area contributed by atoms with Gasteiger partial charge >= 0.3 is 5.97 Å². The maximum atomic E-state index is 13.0. The van der Waals surface area contributed by atoms with Crippen LogP contribution in [0.5, 0.6) is 5.75 Å². The number of carbonyl (C=O) groups excluding carboxylic acids is 2. The molecule has 0 aliphatic carbocycles. The monoisotopic (exact) mass is 390 g/mol. The molecule has 0 aliphatic heterocycles. The molecule has 6 heteroatoms. The van der Waals surface area contributed by atoms with Crippen LogP contribution in [-0.2, 0) is 14.3 Å². The van der Waals surface area contributed by atoms with Gasteiger partial charge in [0.2, 0.25) is 0 Å². The molecule has 0 spiro atoms. The van der Waals surface area contributed by atoms with Gasteiger partial charge in [-0.15, -0.1) is 0 Å². The minimum absolute atomic E-state index is 0.141. The first-order valence-corrected chi connectivity index (χ1v) is 9.28. The predicted octanol–water partition coefficient (Wildman–Crippen LogP) is 3.87. The first kappa shape index (κ1) is 19.9. The minimum atomic E-state index is -1.45. The molecule has 6 nitrogen and oxygen atoms in total. The van der Waals surface area contributed by atoms with Gasteiger partial charge in [0.15, 0.2) is 0 Å². The molecule has 3 aromatic carbocycles. The second-order valence-electron chi connectivity index (χ2n) is 6.05. The van der Waals surface area contributed by atoms with Crippen LogP contribution in [-0.4, -0.2) is 24.6 Å². The van der Waals surface area contributed by atoms with Crippen molar-refractivity contribution in [3.63, 3.8) is 0 Å². The number of amides is 1. The van der Waals surface area contributed by atoms with Crippen LogP contribution in [0, 0.1) is 0 Å². The number of hydrogen-bond donors (Lipinski definition) is 1. The van der Waals surface area contributed by atoms with E-state index in [1.54, 1.807) is 36.2 Å². The number of anilines is 2. The third-order valence-electron chi connectivity index (χ3n) is 3.99. The topological polar surface area (TPSA) is 67.9 Å². The number of nitrogens with zero attached hydrogens (tertiary/aromatic N) is 1. The standard InChI is InChI=1S/C23H22N2O4/c1-2-28-23(27)21(29-20-16-10-5-11-17-20)22(26)24-25(18-12-6-3-7-13-18)19-14-8-4-9-15-19/h3-17,21H,2H2,1H3,(H,24,26). The lowest BCUT2D eigenvalue weighted by atomic mass is 10.2. The number of ether oxygens (including phenoxy) is 2. The van der Waals surface area contributed by atoms with Gasteiger partial charge in [0.25, 0.3) is 12.0 Å². The van der Waals surface area contributed by atoms with Crippen molar-refractivity contribution in [2.75, 3.05) is 11.6 Å². The number of rotatable bonds is 8. The van der Waals surface area contributed by atoms with Crippen molar-refractivity contribution in [1.82, 2.24) is 5.43 Å². The normalized spacial score (nSPS) is 11.2.